The molecule has 5 nitrogen and oxygen atoms in total. The minimum absolute atomic E-state index is 0.294. The van der Waals surface area contributed by atoms with Crippen molar-refractivity contribution in [3.63, 3.8) is 0 Å². The van der Waals surface area contributed by atoms with E-state index in [1.54, 1.807) is 19.1 Å². The number of hydrogen-bond acceptors (Lipinski definition) is 4. The van der Waals surface area contributed by atoms with Gasteiger partial charge in [-0.2, -0.15) is 0 Å². The van der Waals surface area contributed by atoms with Crippen molar-refractivity contribution in [1.29, 1.82) is 0 Å². The van der Waals surface area contributed by atoms with Gasteiger partial charge in [0.15, 0.2) is 17.6 Å². The molecule has 1 amide bonds. The van der Waals surface area contributed by atoms with Gasteiger partial charge in [-0.1, -0.05) is 29.3 Å². The fraction of sp³-hybridized carbons (Fsp3) is 0.316. The van der Waals surface area contributed by atoms with Gasteiger partial charge in [-0.25, -0.2) is 0 Å². The molecule has 1 atom stereocenters. The maximum atomic E-state index is 12.4. The smallest absolute Gasteiger partial charge is 0.265 e. The molecule has 3 rings (SSSR count). The van der Waals surface area contributed by atoms with E-state index in [1.165, 1.54) is 0 Å². The summed E-state index contributed by atoms with van der Waals surface area (Å²) in [6.07, 6.45) is 0.129. The van der Waals surface area contributed by atoms with Gasteiger partial charge in [0.25, 0.3) is 5.91 Å². The Bertz CT molecular complexity index is 761. The highest BCUT2D eigenvalue weighted by Crippen LogP contribution is 2.37. The lowest BCUT2D eigenvalue weighted by Gasteiger charge is -2.16. The predicted molar refractivity (Wildman–Crippen MR) is 97.0 cm³/mol. The lowest BCUT2D eigenvalue weighted by molar-refractivity contribution is -0.122. The molecule has 0 fully saturated rings. The Morgan fingerprint density at radius 1 is 1.16 bits per heavy atom. The van der Waals surface area contributed by atoms with E-state index in [9.17, 15) is 4.79 Å². The molecule has 0 saturated carbocycles. The summed E-state index contributed by atoms with van der Waals surface area (Å²) >= 11 is 6.25. The number of carbonyl (C=O) groups is 1. The van der Waals surface area contributed by atoms with Gasteiger partial charge in [0.1, 0.15) is 5.75 Å². The Kier molecular flexibility index (Phi) is 5.34. The molecule has 1 aliphatic heterocycles. The molecule has 132 valence electrons. The monoisotopic (exact) mass is 361 g/mol. The molecule has 0 radical (unpaired) electrons. The van der Waals surface area contributed by atoms with E-state index in [0.29, 0.717) is 41.2 Å². The Hall–Kier alpha value is -2.40. The number of halogens is 1. The fourth-order valence-electron chi connectivity index (χ4n) is 2.39. The molecule has 0 bridgehead atoms. The van der Waals surface area contributed by atoms with Gasteiger partial charge in [0.05, 0.1) is 23.9 Å². The average molecular weight is 362 g/mol. The van der Waals surface area contributed by atoms with Crippen molar-refractivity contribution in [3.05, 3.63) is 47.0 Å². The Balaban J connectivity index is 1.69. The predicted octanol–water partition coefficient (Wildman–Crippen LogP) is 4.22. The van der Waals surface area contributed by atoms with Crippen LogP contribution in [-0.2, 0) is 4.79 Å². The van der Waals surface area contributed by atoms with Crippen molar-refractivity contribution < 1.29 is 19.0 Å². The summed E-state index contributed by atoms with van der Waals surface area (Å²) in [7, 11) is 0. The van der Waals surface area contributed by atoms with E-state index in [2.05, 4.69) is 5.32 Å². The SMILES string of the molecule is Cc1ccc(OC(C)C(=O)Nc2cc3c(cc2Cl)OCCCO3)cc1. The van der Waals surface area contributed by atoms with Crippen molar-refractivity contribution in [2.45, 2.75) is 26.4 Å². The van der Waals surface area contributed by atoms with Crippen LogP contribution in [-0.4, -0.2) is 25.2 Å². The molecule has 1 N–H and O–H groups in total. The van der Waals surface area contributed by atoms with Crippen LogP contribution < -0.4 is 19.5 Å². The third-order valence-corrected chi connectivity index (χ3v) is 4.11. The summed E-state index contributed by atoms with van der Waals surface area (Å²) in [6.45, 7) is 4.82. The first-order valence-electron chi connectivity index (χ1n) is 8.16. The first kappa shape index (κ1) is 17.4. The van der Waals surface area contributed by atoms with E-state index in [4.69, 9.17) is 25.8 Å². The second kappa shape index (κ2) is 7.66. The molecule has 0 saturated heterocycles. The zero-order chi connectivity index (χ0) is 17.8. The van der Waals surface area contributed by atoms with Gasteiger partial charge < -0.3 is 19.5 Å². The number of anilines is 1. The number of carbonyl (C=O) groups excluding carboxylic acids is 1. The Labute approximate surface area is 151 Å². The maximum Gasteiger partial charge on any atom is 0.265 e. The van der Waals surface area contributed by atoms with Crippen LogP contribution in [0.3, 0.4) is 0 Å². The zero-order valence-electron chi connectivity index (χ0n) is 14.2. The molecule has 0 aromatic heterocycles. The minimum atomic E-state index is -0.672. The van der Waals surface area contributed by atoms with Gasteiger partial charge in [0.2, 0.25) is 0 Å². The third-order valence-electron chi connectivity index (χ3n) is 3.80. The van der Waals surface area contributed by atoms with Crippen molar-refractivity contribution in [2.75, 3.05) is 18.5 Å². The zero-order valence-corrected chi connectivity index (χ0v) is 14.9. The molecule has 6 heteroatoms. The van der Waals surface area contributed by atoms with E-state index >= 15 is 0 Å². The van der Waals surface area contributed by atoms with E-state index in [-0.39, 0.29) is 5.91 Å². The van der Waals surface area contributed by atoms with E-state index in [0.717, 1.165) is 12.0 Å². The molecule has 0 aliphatic carbocycles. The number of fused-ring (bicyclic) bond motifs is 1. The van der Waals surface area contributed by atoms with Crippen LogP contribution in [0.15, 0.2) is 36.4 Å². The van der Waals surface area contributed by atoms with Gasteiger partial charge in [0, 0.05) is 18.6 Å². The highest BCUT2D eigenvalue weighted by molar-refractivity contribution is 6.34. The minimum Gasteiger partial charge on any atom is -0.490 e. The fourth-order valence-corrected chi connectivity index (χ4v) is 2.59. The largest absolute Gasteiger partial charge is 0.490 e. The van der Waals surface area contributed by atoms with E-state index < -0.39 is 6.10 Å². The van der Waals surface area contributed by atoms with Crippen molar-refractivity contribution in [3.8, 4) is 17.2 Å². The van der Waals surface area contributed by atoms with Crippen LogP contribution in [0.2, 0.25) is 5.02 Å². The van der Waals surface area contributed by atoms with Gasteiger partial charge >= 0.3 is 0 Å². The quantitative estimate of drug-likeness (QED) is 0.886. The Morgan fingerprint density at radius 2 is 1.80 bits per heavy atom. The molecule has 25 heavy (non-hydrogen) atoms. The summed E-state index contributed by atoms with van der Waals surface area (Å²) in [5.41, 5.74) is 1.60. The van der Waals surface area contributed by atoms with E-state index in [1.807, 2.05) is 31.2 Å². The molecule has 1 aliphatic rings. The number of nitrogens with one attached hydrogen (secondary N) is 1. The second-order valence-corrected chi connectivity index (χ2v) is 6.30. The third kappa shape index (κ3) is 4.37. The van der Waals surface area contributed by atoms with Crippen LogP contribution in [0, 0.1) is 6.92 Å². The lowest BCUT2D eigenvalue weighted by Crippen LogP contribution is -2.30. The lowest BCUT2D eigenvalue weighted by atomic mass is 10.2. The average Bonchev–Trinajstić information content (AvgIpc) is 2.82. The number of aryl methyl sites for hydroxylation is 1. The first-order valence-corrected chi connectivity index (χ1v) is 8.54. The molecule has 0 spiro atoms. The van der Waals surface area contributed by atoms with Crippen LogP contribution in [0.5, 0.6) is 17.2 Å². The molecule has 1 heterocycles. The van der Waals surface area contributed by atoms with Crippen molar-refractivity contribution in [1.82, 2.24) is 0 Å². The molecular weight excluding hydrogens is 342 g/mol. The normalized spacial score (nSPS) is 14.4. The standard InChI is InChI=1S/C19H20ClNO4/c1-12-4-6-14(7-5-12)25-13(2)19(22)21-16-11-18-17(10-15(16)20)23-8-3-9-24-18/h4-7,10-11,13H,3,8-9H2,1-2H3,(H,21,22). The van der Waals surface area contributed by atoms with Gasteiger partial charge in [-0.05, 0) is 26.0 Å². The van der Waals surface area contributed by atoms with Crippen LogP contribution in [0.1, 0.15) is 18.9 Å². The van der Waals surface area contributed by atoms with Crippen molar-refractivity contribution >= 4 is 23.2 Å². The van der Waals surface area contributed by atoms with Crippen molar-refractivity contribution in [2.24, 2.45) is 0 Å². The molecule has 2 aromatic carbocycles. The number of rotatable bonds is 4. The highest BCUT2D eigenvalue weighted by Gasteiger charge is 2.19. The summed E-state index contributed by atoms with van der Waals surface area (Å²) in [6, 6.07) is 10.9. The highest BCUT2D eigenvalue weighted by atomic mass is 35.5. The summed E-state index contributed by atoms with van der Waals surface area (Å²) in [5, 5.41) is 3.17. The topological polar surface area (TPSA) is 56.8 Å². The van der Waals surface area contributed by atoms with Gasteiger partial charge in [-0.15, -0.1) is 0 Å². The van der Waals surface area contributed by atoms with Crippen LogP contribution in [0.4, 0.5) is 5.69 Å². The van der Waals surface area contributed by atoms with Crippen LogP contribution >= 0.6 is 11.6 Å². The number of hydrogen-bond donors (Lipinski definition) is 1. The molecule has 1 unspecified atom stereocenters. The molecule has 2 aromatic rings. The number of benzene rings is 2. The maximum absolute atomic E-state index is 12.4. The number of amides is 1. The number of ether oxygens (including phenoxy) is 3. The summed E-state index contributed by atoms with van der Waals surface area (Å²) in [4.78, 5) is 12.4. The Morgan fingerprint density at radius 3 is 2.48 bits per heavy atom. The van der Waals surface area contributed by atoms with Gasteiger partial charge in [-0.3, -0.25) is 4.79 Å². The summed E-state index contributed by atoms with van der Waals surface area (Å²) < 4.78 is 16.9. The molecular formula is C19H20ClNO4. The summed E-state index contributed by atoms with van der Waals surface area (Å²) in [5.74, 6) is 1.50. The van der Waals surface area contributed by atoms with Crippen LogP contribution in [0.25, 0.3) is 0 Å². The second-order valence-electron chi connectivity index (χ2n) is 5.89. The first-order chi connectivity index (χ1) is 12.0.